The Hall–Kier alpha value is -1.87. The molecule has 0 unspecified atom stereocenters. The SMILES string of the molecule is Cc1oc(CN(C)C(=O)C2CCN(S(C)(=O)=O)CC2)cc1C(=O)O. The van der Waals surface area contributed by atoms with E-state index in [0.717, 1.165) is 0 Å². The second-order valence-corrected chi connectivity index (χ2v) is 8.10. The molecule has 0 aromatic carbocycles. The largest absolute Gasteiger partial charge is 0.478 e. The van der Waals surface area contributed by atoms with Crippen LogP contribution in [0.3, 0.4) is 0 Å². The normalized spacial score (nSPS) is 17.0. The van der Waals surface area contributed by atoms with Crippen molar-refractivity contribution in [2.75, 3.05) is 26.4 Å². The van der Waals surface area contributed by atoms with Gasteiger partial charge in [-0.15, -0.1) is 0 Å². The minimum Gasteiger partial charge on any atom is -0.478 e. The third-order valence-corrected chi connectivity index (χ3v) is 5.54. The molecule has 0 bridgehead atoms. The van der Waals surface area contributed by atoms with Gasteiger partial charge >= 0.3 is 5.97 Å². The predicted molar refractivity (Wildman–Crippen MR) is 86.0 cm³/mol. The summed E-state index contributed by atoms with van der Waals surface area (Å²) in [6.07, 6.45) is 2.13. The molecule has 8 nitrogen and oxygen atoms in total. The van der Waals surface area contributed by atoms with Crippen molar-refractivity contribution in [1.82, 2.24) is 9.21 Å². The quantitative estimate of drug-likeness (QED) is 0.838. The lowest BCUT2D eigenvalue weighted by Gasteiger charge is -2.31. The van der Waals surface area contributed by atoms with Gasteiger partial charge in [0.1, 0.15) is 17.1 Å². The average Bonchev–Trinajstić information content (AvgIpc) is 2.86. The molecule has 0 spiro atoms. The fourth-order valence-electron chi connectivity index (χ4n) is 2.89. The van der Waals surface area contributed by atoms with Crippen molar-refractivity contribution in [3.63, 3.8) is 0 Å². The van der Waals surface area contributed by atoms with Crippen molar-refractivity contribution < 1.29 is 27.5 Å². The molecule has 134 valence electrons. The number of hydrogen-bond acceptors (Lipinski definition) is 5. The first-order valence-electron chi connectivity index (χ1n) is 7.62. The molecule has 0 saturated carbocycles. The van der Waals surface area contributed by atoms with E-state index in [0.29, 0.717) is 37.5 Å². The van der Waals surface area contributed by atoms with Gasteiger partial charge in [-0.05, 0) is 25.8 Å². The molecule has 24 heavy (non-hydrogen) atoms. The topological polar surface area (TPSA) is 108 Å². The van der Waals surface area contributed by atoms with Crippen molar-refractivity contribution in [1.29, 1.82) is 0 Å². The maximum atomic E-state index is 12.5. The molecule has 1 aliphatic rings. The monoisotopic (exact) mass is 358 g/mol. The van der Waals surface area contributed by atoms with E-state index in [1.165, 1.54) is 21.5 Å². The van der Waals surface area contributed by atoms with Crippen LogP contribution in [-0.4, -0.2) is 61.0 Å². The Morgan fingerprint density at radius 1 is 1.38 bits per heavy atom. The van der Waals surface area contributed by atoms with Crippen LogP contribution < -0.4 is 0 Å². The van der Waals surface area contributed by atoms with Gasteiger partial charge < -0.3 is 14.4 Å². The minimum absolute atomic E-state index is 0.0888. The van der Waals surface area contributed by atoms with E-state index < -0.39 is 16.0 Å². The number of rotatable bonds is 5. The number of furan rings is 1. The van der Waals surface area contributed by atoms with Crippen LogP contribution in [0.1, 0.15) is 34.7 Å². The first-order valence-corrected chi connectivity index (χ1v) is 9.47. The number of piperidine rings is 1. The van der Waals surface area contributed by atoms with Gasteiger partial charge in [0.2, 0.25) is 15.9 Å². The summed E-state index contributed by atoms with van der Waals surface area (Å²) in [5.74, 6) is -0.671. The van der Waals surface area contributed by atoms with Crippen LogP contribution in [0.15, 0.2) is 10.5 Å². The third-order valence-electron chi connectivity index (χ3n) is 4.24. The molecular formula is C15H22N2O6S. The van der Waals surface area contributed by atoms with Gasteiger partial charge in [0.05, 0.1) is 12.8 Å². The molecule has 0 aliphatic carbocycles. The maximum absolute atomic E-state index is 12.5. The highest BCUT2D eigenvalue weighted by molar-refractivity contribution is 7.88. The molecule has 1 aliphatic heterocycles. The fourth-order valence-corrected chi connectivity index (χ4v) is 3.77. The molecule has 1 amide bonds. The van der Waals surface area contributed by atoms with Gasteiger partial charge in [-0.1, -0.05) is 0 Å². The van der Waals surface area contributed by atoms with E-state index in [9.17, 15) is 18.0 Å². The Kier molecular flexibility index (Phi) is 5.34. The van der Waals surface area contributed by atoms with Crippen molar-refractivity contribution >= 4 is 21.9 Å². The lowest BCUT2D eigenvalue weighted by Crippen LogP contribution is -2.42. The van der Waals surface area contributed by atoms with Gasteiger partial charge in [-0.2, -0.15) is 0 Å². The lowest BCUT2D eigenvalue weighted by molar-refractivity contribution is -0.136. The summed E-state index contributed by atoms with van der Waals surface area (Å²) >= 11 is 0. The molecule has 1 aromatic rings. The molecule has 1 N–H and O–H groups in total. The van der Waals surface area contributed by atoms with E-state index in [4.69, 9.17) is 9.52 Å². The van der Waals surface area contributed by atoms with Crippen LogP contribution in [0.5, 0.6) is 0 Å². The van der Waals surface area contributed by atoms with Crippen molar-refractivity contribution in [3.05, 3.63) is 23.2 Å². The minimum atomic E-state index is -3.22. The molecule has 2 rings (SSSR count). The van der Waals surface area contributed by atoms with Crippen LogP contribution in [0.2, 0.25) is 0 Å². The number of aromatic carboxylic acids is 1. The number of aryl methyl sites for hydroxylation is 1. The number of carboxylic acid groups (broad SMARTS) is 1. The Morgan fingerprint density at radius 2 is 1.96 bits per heavy atom. The first-order chi connectivity index (χ1) is 11.1. The summed E-state index contributed by atoms with van der Waals surface area (Å²) in [6.45, 7) is 2.42. The standard InChI is InChI=1S/C15H22N2O6S/c1-10-13(15(19)20)8-12(23-10)9-16(2)14(18)11-4-6-17(7-5-11)24(3,21)22/h8,11H,4-7,9H2,1-3H3,(H,19,20). The third kappa shape index (κ3) is 4.15. The van der Waals surface area contributed by atoms with E-state index in [1.54, 1.807) is 14.0 Å². The second-order valence-electron chi connectivity index (χ2n) is 6.12. The Balaban J connectivity index is 1.96. The number of amides is 1. The molecule has 0 radical (unpaired) electrons. The maximum Gasteiger partial charge on any atom is 0.339 e. The smallest absolute Gasteiger partial charge is 0.339 e. The van der Waals surface area contributed by atoms with Crippen LogP contribution in [0, 0.1) is 12.8 Å². The summed E-state index contributed by atoms with van der Waals surface area (Å²) in [6, 6.07) is 1.42. The van der Waals surface area contributed by atoms with Gasteiger partial charge in [0.15, 0.2) is 0 Å². The zero-order valence-electron chi connectivity index (χ0n) is 14.0. The van der Waals surface area contributed by atoms with Gasteiger partial charge in [0, 0.05) is 26.1 Å². The predicted octanol–water partition coefficient (Wildman–Crippen LogP) is 0.916. The Morgan fingerprint density at radius 3 is 2.42 bits per heavy atom. The van der Waals surface area contributed by atoms with Gasteiger partial charge in [0.25, 0.3) is 0 Å². The zero-order valence-corrected chi connectivity index (χ0v) is 14.8. The van der Waals surface area contributed by atoms with Crippen molar-refractivity contribution in [3.8, 4) is 0 Å². The molecule has 9 heteroatoms. The van der Waals surface area contributed by atoms with Crippen LogP contribution >= 0.6 is 0 Å². The number of hydrogen-bond donors (Lipinski definition) is 1. The van der Waals surface area contributed by atoms with E-state index in [2.05, 4.69) is 0 Å². The summed E-state index contributed by atoms with van der Waals surface area (Å²) in [5, 5.41) is 9.02. The van der Waals surface area contributed by atoms with E-state index in [-0.39, 0.29) is 23.9 Å². The summed E-state index contributed by atoms with van der Waals surface area (Å²) < 4.78 is 29.8. The number of carboxylic acids is 1. The highest BCUT2D eigenvalue weighted by Crippen LogP contribution is 2.22. The first kappa shape index (κ1) is 18.5. The fraction of sp³-hybridized carbons (Fsp3) is 0.600. The van der Waals surface area contributed by atoms with Crippen LogP contribution in [-0.2, 0) is 21.4 Å². The molecule has 1 aromatic heterocycles. The highest BCUT2D eigenvalue weighted by atomic mass is 32.2. The highest BCUT2D eigenvalue weighted by Gasteiger charge is 2.30. The summed E-state index contributed by atoms with van der Waals surface area (Å²) in [4.78, 5) is 25.0. The molecular weight excluding hydrogens is 336 g/mol. The van der Waals surface area contributed by atoms with Gasteiger partial charge in [-0.25, -0.2) is 17.5 Å². The van der Waals surface area contributed by atoms with Crippen molar-refractivity contribution in [2.24, 2.45) is 5.92 Å². The summed E-state index contributed by atoms with van der Waals surface area (Å²) in [5.41, 5.74) is 0.0901. The summed E-state index contributed by atoms with van der Waals surface area (Å²) in [7, 11) is -1.59. The van der Waals surface area contributed by atoms with E-state index in [1.807, 2.05) is 0 Å². The Bertz CT molecular complexity index is 731. The molecule has 2 heterocycles. The van der Waals surface area contributed by atoms with Crippen molar-refractivity contribution in [2.45, 2.75) is 26.3 Å². The number of nitrogens with zero attached hydrogens (tertiary/aromatic N) is 2. The number of carbonyl (C=O) groups is 2. The molecule has 1 saturated heterocycles. The number of sulfonamides is 1. The van der Waals surface area contributed by atoms with Crippen LogP contribution in [0.4, 0.5) is 0 Å². The number of carbonyl (C=O) groups excluding carboxylic acids is 1. The van der Waals surface area contributed by atoms with E-state index >= 15 is 0 Å². The zero-order chi connectivity index (χ0) is 18.1. The van der Waals surface area contributed by atoms with Gasteiger partial charge in [-0.3, -0.25) is 4.79 Å². The second kappa shape index (κ2) is 6.94. The molecule has 1 fully saturated rings. The average molecular weight is 358 g/mol. The molecule has 0 atom stereocenters. The Labute approximate surface area is 141 Å². The van der Waals surface area contributed by atoms with Crippen LogP contribution in [0.25, 0.3) is 0 Å². The lowest BCUT2D eigenvalue weighted by atomic mass is 9.96.